The molecule has 1 heterocycles. The molecule has 0 bridgehead atoms. The highest BCUT2D eigenvalue weighted by molar-refractivity contribution is 8.18. The molecule has 1 fully saturated rings. The highest BCUT2D eigenvalue weighted by Gasteiger charge is 2.40. The van der Waals surface area contributed by atoms with Gasteiger partial charge in [0.05, 0.1) is 4.91 Å². The van der Waals surface area contributed by atoms with Gasteiger partial charge >= 0.3 is 5.97 Å². The minimum atomic E-state index is -1.22. The fourth-order valence-electron chi connectivity index (χ4n) is 2.48. The van der Waals surface area contributed by atoms with Crippen LogP contribution in [0.2, 0.25) is 0 Å². The molecule has 1 N–H and O–H groups in total. The van der Waals surface area contributed by atoms with Gasteiger partial charge < -0.3 is 9.84 Å². The second-order valence-electron chi connectivity index (χ2n) is 5.91. The lowest BCUT2D eigenvalue weighted by Gasteiger charge is -2.16. The summed E-state index contributed by atoms with van der Waals surface area (Å²) in [6, 6.07) is 15.7. The zero-order chi connectivity index (χ0) is 19.4. The van der Waals surface area contributed by atoms with Crippen LogP contribution in [-0.2, 0) is 16.2 Å². The molecule has 138 valence electrons. The minimum Gasteiger partial charge on any atom is -0.489 e. The van der Waals surface area contributed by atoms with Gasteiger partial charge in [-0.05, 0) is 48.0 Å². The molecule has 1 aliphatic rings. The largest absolute Gasteiger partial charge is 0.489 e. The lowest BCUT2D eigenvalue weighted by atomic mass is 10.2. The van der Waals surface area contributed by atoms with Crippen LogP contribution in [0.15, 0.2) is 59.5 Å². The highest BCUT2D eigenvalue weighted by atomic mass is 32.2. The van der Waals surface area contributed by atoms with E-state index in [4.69, 9.17) is 9.84 Å². The first kappa shape index (κ1) is 18.7. The smallest absolute Gasteiger partial charge is 0.326 e. The van der Waals surface area contributed by atoms with Crippen molar-refractivity contribution in [3.63, 3.8) is 0 Å². The Labute approximate surface area is 160 Å². The number of rotatable bonds is 6. The number of carboxylic acids is 1. The number of carbonyl (C=O) groups is 3. The molecule has 6 nitrogen and oxygen atoms in total. The van der Waals surface area contributed by atoms with E-state index < -0.39 is 23.2 Å². The molecule has 1 saturated heterocycles. The number of imide groups is 1. The lowest BCUT2D eigenvalue weighted by Crippen LogP contribution is -2.41. The third-order valence-electron chi connectivity index (χ3n) is 3.99. The van der Waals surface area contributed by atoms with Gasteiger partial charge in [-0.3, -0.25) is 14.5 Å². The van der Waals surface area contributed by atoms with Crippen LogP contribution in [0, 0.1) is 0 Å². The predicted molar refractivity (Wildman–Crippen MR) is 102 cm³/mol. The normalized spacial score (nSPS) is 16.6. The second kappa shape index (κ2) is 8.09. The number of aliphatic carboxylic acids is 1. The van der Waals surface area contributed by atoms with Crippen LogP contribution >= 0.6 is 11.8 Å². The maximum absolute atomic E-state index is 12.3. The summed E-state index contributed by atoms with van der Waals surface area (Å²) in [7, 11) is 0. The Morgan fingerprint density at radius 3 is 2.44 bits per heavy atom. The van der Waals surface area contributed by atoms with Gasteiger partial charge in [-0.2, -0.15) is 0 Å². The van der Waals surface area contributed by atoms with Gasteiger partial charge in [0.15, 0.2) is 0 Å². The molecule has 0 spiro atoms. The number of nitrogens with zero attached hydrogens (tertiary/aromatic N) is 1. The Morgan fingerprint density at radius 1 is 1.15 bits per heavy atom. The topological polar surface area (TPSA) is 83.9 Å². The number of benzene rings is 2. The summed E-state index contributed by atoms with van der Waals surface area (Å²) in [6.45, 7) is 1.76. The zero-order valence-corrected chi connectivity index (χ0v) is 15.3. The van der Waals surface area contributed by atoms with Gasteiger partial charge in [0.25, 0.3) is 11.1 Å². The Kier molecular flexibility index (Phi) is 5.61. The van der Waals surface area contributed by atoms with Crippen molar-refractivity contribution in [2.45, 2.75) is 19.6 Å². The van der Waals surface area contributed by atoms with Crippen molar-refractivity contribution in [2.24, 2.45) is 0 Å². The van der Waals surface area contributed by atoms with Gasteiger partial charge in [0.1, 0.15) is 18.4 Å². The molecule has 7 heteroatoms. The molecular weight excluding hydrogens is 366 g/mol. The Bertz CT molecular complexity index is 892. The molecule has 2 aromatic carbocycles. The van der Waals surface area contributed by atoms with Crippen LogP contribution < -0.4 is 4.74 Å². The van der Waals surface area contributed by atoms with E-state index in [1.165, 1.54) is 6.92 Å². The van der Waals surface area contributed by atoms with E-state index in [2.05, 4.69) is 0 Å². The van der Waals surface area contributed by atoms with Crippen molar-refractivity contribution in [2.75, 3.05) is 0 Å². The fourth-order valence-corrected chi connectivity index (χ4v) is 3.38. The first-order valence-electron chi connectivity index (χ1n) is 8.22. The third kappa shape index (κ3) is 4.38. The van der Waals surface area contributed by atoms with E-state index in [1.54, 1.807) is 30.3 Å². The van der Waals surface area contributed by atoms with E-state index in [0.29, 0.717) is 12.4 Å². The highest BCUT2D eigenvalue weighted by Crippen LogP contribution is 2.33. The second-order valence-corrected chi connectivity index (χ2v) is 6.90. The average Bonchev–Trinajstić information content (AvgIpc) is 2.94. The number of carboxylic acid groups (broad SMARTS) is 1. The monoisotopic (exact) mass is 383 g/mol. The molecule has 27 heavy (non-hydrogen) atoms. The van der Waals surface area contributed by atoms with E-state index in [9.17, 15) is 14.4 Å². The SMILES string of the molecule is CC(C(=O)O)N1C(=O)SC(=Cc2ccc(OCc3ccccc3)cc2)C1=O. The molecule has 0 aliphatic carbocycles. The van der Waals surface area contributed by atoms with E-state index in [1.807, 2.05) is 30.3 Å². The minimum absolute atomic E-state index is 0.200. The lowest BCUT2D eigenvalue weighted by molar-refractivity contribution is -0.145. The van der Waals surface area contributed by atoms with Gasteiger partial charge in [0.2, 0.25) is 0 Å². The predicted octanol–water partition coefficient (Wildman–Crippen LogP) is 3.78. The zero-order valence-electron chi connectivity index (χ0n) is 14.5. The molecule has 1 aliphatic heterocycles. The van der Waals surface area contributed by atoms with Crippen LogP contribution in [0.4, 0.5) is 4.79 Å². The van der Waals surface area contributed by atoms with Crippen LogP contribution in [-0.4, -0.2) is 33.2 Å². The number of hydrogen-bond acceptors (Lipinski definition) is 5. The molecule has 2 amide bonds. The molecule has 0 aromatic heterocycles. The van der Waals surface area contributed by atoms with E-state index in [-0.39, 0.29) is 4.91 Å². The van der Waals surface area contributed by atoms with E-state index in [0.717, 1.165) is 27.8 Å². The first-order chi connectivity index (χ1) is 13.0. The van der Waals surface area contributed by atoms with Crippen molar-refractivity contribution in [1.82, 2.24) is 4.90 Å². The van der Waals surface area contributed by atoms with Crippen molar-refractivity contribution >= 4 is 35.0 Å². The molecule has 2 aromatic rings. The molecule has 3 rings (SSSR count). The summed E-state index contributed by atoms with van der Waals surface area (Å²) in [6.07, 6.45) is 1.57. The number of thioether (sulfide) groups is 1. The standard InChI is InChI=1S/C20H17NO5S/c1-13(19(23)24)21-18(22)17(27-20(21)25)11-14-7-9-16(10-8-14)26-12-15-5-3-2-4-6-15/h2-11,13H,12H2,1H3,(H,23,24). The number of carbonyl (C=O) groups excluding carboxylic acids is 2. The maximum atomic E-state index is 12.3. The molecule has 0 radical (unpaired) electrons. The van der Waals surface area contributed by atoms with Crippen molar-refractivity contribution in [3.05, 3.63) is 70.6 Å². The fraction of sp³-hybridized carbons (Fsp3) is 0.150. The number of hydrogen-bond donors (Lipinski definition) is 1. The summed E-state index contributed by atoms with van der Waals surface area (Å²) in [5.41, 5.74) is 1.78. The molecular formula is C20H17NO5S. The van der Waals surface area contributed by atoms with Crippen LogP contribution in [0.25, 0.3) is 6.08 Å². The van der Waals surface area contributed by atoms with E-state index >= 15 is 0 Å². The van der Waals surface area contributed by atoms with Crippen LogP contribution in [0.1, 0.15) is 18.1 Å². The Morgan fingerprint density at radius 2 is 1.81 bits per heavy atom. The number of ether oxygens (including phenoxy) is 1. The summed E-state index contributed by atoms with van der Waals surface area (Å²) in [5.74, 6) is -1.13. The number of amides is 2. The summed E-state index contributed by atoms with van der Waals surface area (Å²) in [5, 5.41) is 8.45. The summed E-state index contributed by atoms with van der Waals surface area (Å²) < 4.78 is 5.71. The molecule has 1 atom stereocenters. The van der Waals surface area contributed by atoms with Gasteiger partial charge in [0, 0.05) is 0 Å². The van der Waals surface area contributed by atoms with Crippen molar-refractivity contribution in [3.8, 4) is 5.75 Å². The average molecular weight is 383 g/mol. The Balaban J connectivity index is 1.68. The quantitative estimate of drug-likeness (QED) is 0.765. The van der Waals surface area contributed by atoms with Crippen molar-refractivity contribution in [1.29, 1.82) is 0 Å². The Hall–Kier alpha value is -3.06. The summed E-state index contributed by atoms with van der Waals surface area (Å²) >= 11 is 0.738. The molecule has 1 unspecified atom stereocenters. The first-order valence-corrected chi connectivity index (χ1v) is 9.04. The van der Waals surface area contributed by atoms with Gasteiger partial charge in [-0.25, -0.2) is 4.79 Å². The summed E-state index contributed by atoms with van der Waals surface area (Å²) in [4.78, 5) is 36.3. The van der Waals surface area contributed by atoms with Gasteiger partial charge in [-0.1, -0.05) is 42.5 Å². The maximum Gasteiger partial charge on any atom is 0.326 e. The molecule has 0 saturated carbocycles. The third-order valence-corrected chi connectivity index (χ3v) is 4.88. The van der Waals surface area contributed by atoms with Crippen molar-refractivity contribution < 1.29 is 24.2 Å². The van der Waals surface area contributed by atoms with Crippen LogP contribution in [0.5, 0.6) is 5.75 Å². The van der Waals surface area contributed by atoms with Crippen LogP contribution in [0.3, 0.4) is 0 Å². The van der Waals surface area contributed by atoms with Gasteiger partial charge in [-0.15, -0.1) is 0 Å².